The van der Waals surface area contributed by atoms with Crippen molar-refractivity contribution in [2.75, 3.05) is 7.11 Å². The molecule has 0 spiro atoms. The van der Waals surface area contributed by atoms with Crippen LogP contribution < -0.4 is 0 Å². The van der Waals surface area contributed by atoms with Gasteiger partial charge in [-0.1, -0.05) is 42.9 Å². The molecule has 4 nitrogen and oxygen atoms in total. The van der Waals surface area contributed by atoms with Crippen molar-refractivity contribution in [3.05, 3.63) is 48.1 Å². The fraction of sp³-hybridized carbons (Fsp3) is 0.476. The van der Waals surface area contributed by atoms with E-state index in [0.29, 0.717) is 12.3 Å². The first-order valence-corrected chi connectivity index (χ1v) is 8.62. The fourth-order valence-corrected chi connectivity index (χ4v) is 2.03. The Morgan fingerprint density at radius 3 is 2.08 bits per heavy atom. The molecule has 0 aliphatic heterocycles. The molecule has 0 fully saturated rings. The van der Waals surface area contributed by atoms with Gasteiger partial charge in [-0.25, -0.2) is 0 Å². The zero-order valence-electron chi connectivity index (χ0n) is 15.8. The molecule has 0 rings (SSSR count). The van der Waals surface area contributed by atoms with Crippen LogP contribution in [0.1, 0.15) is 52.9 Å². The molecule has 0 aromatic heterocycles. The molecule has 0 aromatic rings. The van der Waals surface area contributed by atoms with E-state index in [-0.39, 0.29) is 24.4 Å². The molecule has 1 atom stereocenters. The van der Waals surface area contributed by atoms with Gasteiger partial charge >= 0.3 is 5.97 Å². The minimum atomic E-state index is -0.395. The van der Waals surface area contributed by atoms with Crippen molar-refractivity contribution in [2.24, 2.45) is 5.92 Å². The Morgan fingerprint density at radius 1 is 0.920 bits per heavy atom. The van der Waals surface area contributed by atoms with Gasteiger partial charge in [-0.15, -0.1) is 0 Å². The lowest BCUT2D eigenvalue weighted by Crippen LogP contribution is -2.03. The lowest BCUT2D eigenvalue weighted by atomic mass is 9.98. The third-order valence-electron chi connectivity index (χ3n) is 3.46. The molecule has 0 saturated carbocycles. The topological polar surface area (TPSA) is 60.4 Å². The van der Waals surface area contributed by atoms with Crippen molar-refractivity contribution in [3.8, 4) is 0 Å². The predicted molar refractivity (Wildman–Crippen MR) is 101 cm³/mol. The van der Waals surface area contributed by atoms with E-state index in [1.165, 1.54) is 18.8 Å². The molecule has 0 saturated heterocycles. The molecule has 0 aliphatic carbocycles. The lowest BCUT2D eigenvalue weighted by molar-refractivity contribution is -0.141. The highest BCUT2D eigenvalue weighted by Gasteiger charge is 2.05. The Bertz CT molecular complexity index is 546. The van der Waals surface area contributed by atoms with Crippen molar-refractivity contribution < 1.29 is 19.1 Å². The summed E-state index contributed by atoms with van der Waals surface area (Å²) in [4.78, 5) is 34.2. The zero-order valence-corrected chi connectivity index (χ0v) is 15.8. The van der Waals surface area contributed by atoms with Crippen LogP contribution in [0.2, 0.25) is 0 Å². The Balaban J connectivity index is 4.04. The molecule has 4 heteroatoms. The van der Waals surface area contributed by atoms with Gasteiger partial charge in [0.25, 0.3) is 0 Å². The maximum Gasteiger partial charge on any atom is 0.305 e. The average molecular weight is 346 g/mol. The first-order chi connectivity index (χ1) is 11.8. The number of ketones is 2. The van der Waals surface area contributed by atoms with Gasteiger partial charge in [0, 0.05) is 12.8 Å². The van der Waals surface area contributed by atoms with Crippen LogP contribution in [0.4, 0.5) is 0 Å². The van der Waals surface area contributed by atoms with E-state index in [2.05, 4.69) is 31.6 Å². The standard InChI is InChI=1S/C21H30O4/c1-17(2)10-9-11-18(3)16-20(23)13-8-6-5-7-12-19(22)14-15-21(24)25-4/h5-8,10,12-13,18H,9,11,14-16H2,1-4H3. The molecular formula is C21H30O4. The highest BCUT2D eigenvalue weighted by Crippen LogP contribution is 2.12. The second-order valence-electron chi connectivity index (χ2n) is 6.28. The van der Waals surface area contributed by atoms with Crippen LogP contribution in [0.25, 0.3) is 0 Å². The monoisotopic (exact) mass is 346 g/mol. The van der Waals surface area contributed by atoms with E-state index in [1.807, 2.05) is 0 Å². The van der Waals surface area contributed by atoms with Crippen LogP contribution in [0.15, 0.2) is 48.1 Å². The van der Waals surface area contributed by atoms with Gasteiger partial charge in [-0.2, -0.15) is 0 Å². The van der Waals surface area contributed by atoms with Crippen molar-refractivity contribution in [1.82, 2.24) is 0 Å². The minimum absolute atomic E-state index is 0.0869. The molecule has 0 radical (unpaired) electrons. The van der Waals surface area contributed by atoms with Crippen molar-refractivity contribution >= 4 is 17.5 Å². The van der Waals surface area contributed by atoms with Gasteiger partial charge in [0.15, 0.2) is 11.6 Å². The third kappa shape index (κ3) is 15.1. The van der Waals surface area contributed by atoms with Crippen LogP contribution >= 0.6 is 0 Å². The van der Waals surface area contributed by atoms with Crippen molar-refractivity contribution in [2.45, 2.75) is 52.9 Å². The highest BCUT2D eigenvalue weighted by atomic mass is 16.5. The molecule has 138 valence electrons. The summed E-state index contributed by atoms with van der Waals surface area (Å²) in [5, 5.41) is 0. The average Bonchev–Trinajstić information content (AvgIpc) is 2.55. The summed E-state index contributed by atoms with van der Waals surface area (Å²) in [6.07, 6.45) is 14.6. The van der Waals surface area contributed by atoms with E-state index in [9.17, 15) is 14.4 Å². The van der Waals surface area contributed by atoms with Crippen LogP contribution in [0.5, 0.6) is 0 Å². The largest absolute Gasteiger partial charge is 0.469 e. The molecule has 25 heavy (non-hydrogen) atoms. The number of hydrogen-bond acceptors (Lipinski definition) is 4. The summed E-state index contributed by atoms with van der Waals surface area (Å²) in [5.41, 5.74) is 1.31. The van der Waals surface area contributed by atoms with E-state index < -0.39 is 5.97 Å². The fourth-order valence-electron chi connectivity index (χ4n) is 2.03. The van der Waals surface area contributed by atoms with E-state index in [1.54, 1.807) is 30.4 Å². The molecule has 1 unspecified atom stereocenters. The van der Waals surface area contributed by atoms with Crippen LogP contribution in [0.3, 0.4) is 0 Å². The maximum absolute atomic E-state index is 11.8. The molecular weight excluding hydrogens is 316 g/mol. The van der Waals surface area contributed by atoms with Gasteiger partial charge in [-0.05, 0) is 44.8 Å². The number of hydrogen-bond donors (Lipinski definition) is 0. The van der Waals surface area contributed by atoms with E-state index in [4.69, 9.17) is 0 Å². The first kappa shape index (κ1) is 22.8. The summed E-state index contributed by atoms with van der Waals surface area (Å²) in [6.45, 7) is 6.24. The van der Waals surface area contributed by atoms with Crippen LogP contribution in [0, 0.1) is 5.92 Å². The Morgan fingerprint density at radius 2 is 1.52 bits per heavy atom. The van der Waals surface area contributed by atoms with Crippen LogP contribution in [-0.4, -0.2) is 24.6 Å². The van der Waals surface area contributed by atoms with Crippen molar-refractivity contribution in [3.63, 3.8) is 0 Å². The summed E-state index contributed by atoms with van der Waals surface area (Å²) >= 11 is 0. The molecule has 0 amide bonds. The second kappa shape index (κ2) is 14.1. The maximum atomic E-state index is 11.8. The number of ether oxygens (including phenoxy) is 1. The normalized spacial score (nSPS) is 12.6. The molecule has 0 N–H and O–H groups in total. The molecule has 0 heterocycles. The van der Waals surface area contributed by atoms with Gasteiger partial charge in [0.05, 0.1) is 13.5 Å². The molecule has 0 bridgehead atoms. The zero-order chi connectivity index (χ0) is 19.1. The van der Waals surface area contributed by atoms with Crippen LogP contribution in [-0.2, 0) is 19.1 Å². The SMILES string of the molecule is COC(=O)CCC(=O)C=CC=CC=CC(=O)CC(C)CCC=C(C)C. The Kier molecular flexibility index (Phi) is 12.9. The highest BCUT2D eigenvalue weighted by molar-refractivity contribution is 5.92. The molecule has 0 aliphatic rings. The predicted octanol–water partition coefficient (Wildman–Crippen LogP) is 4.52. The summed E-state index contributed by atoms with van der Waals surface area (Å²) in [7, 11) is 1.29. The summed E-state index contributed by atoms with van der Waals surface area (Å²) in [5.74, 6) is -0.0642. The minimum Gasteiger partial charge on any atom is -0.469 e. The number of rotatable bonds is 12. The number of carbonyl (C=O) groups is 3. The number of allylic oxidation sites excluding steroid dienone is 8. The van der Waals surface area contributed by atoms with Gasteiger partial charge in [0.2, 0.25) is 0 Å². The smallest absolute Gasteiger partial charge is 0.305 e. The van der Waals surface area contributed by atoms with Crippen molar-refractivity contribution in [1.29, 1.82) is 0 Å². The van der Waals surface area contributed by atoms with E-state index >= 15 is 0 Å². The second-order valence-corrected chi connectivity index (χ2v) is 6.28. The Labute approximate surface area is 151 Å². The number of esters is 1. The van der Waals surface area contributed by atoms with E-state index in [0.717, 1.165) is 12.8 Å². The first-order valence-electron chi connectivity index (χ1n) is 8.62. The number of carbonyl (C=O) groups excluding carboxylic acids is 3. The third-order valence-corrected chi connectivity index (χ3v) is 3.46. The summed E-state index contributed by atoms with van der Waals surface area (Å²) < 4.78 is 4.47. The van der Waals surface area contributed by atoms with Gasteiger partial charge < -0.3 is 4.74 Å². The molecule has 0 aromatic carbocycles. The van der Waals surface area contributed by atoms with Gasteiger partial charge in [0.1, 0.15) is 0 Å². The lowest BCUT2D eigenvalue weighted by Gasteiger charge is -2.06. The van der Waals surface area contributed by atoms with Gasteiger partial charge in [-0.3, -0.25) is 14.4 Å². The summed E-state index contributed by atoms with van der Waals surface area (Å²) in [6, 6.07) is 0. The quantitative estimate of drug-likeness (QED) is 0.226. The Hall–Kier alpha value is -2.23. The number of methoxy groups -OCH3 is 1.